The minimum atomic E-state index is -0.0132. The zero-order chi connectivity index (χ0) is 14.0. The van der Waals surface area contributed by atoms with Gasteiger partial charge in [-0.05, 0) is 38.9 Å². The lowest BCUT2D eigenvalue weighted by Crippen LogP contribution is -2.29. The summed E-state index contributed by atoms with van der Waals surface area (Å²) >= 11 is 0. The zero-order valence-corrected chi connectivity index (χ0v) is 11.8. The van der Waals surface area contributed by atoms with E-state index in [1.807, 2.05) is 14.0 Å². The quantitative estimate of drug-likeness (QED) is 0.608. The van der Waals surface area contributed by atoms with Crippen molar-refractivity contribution in [2.75, 3.05) is 38.6 Å². The largest absolute Gasteiger partial charge is 0.382 e. The molecule has 0 amide bonds. The van der Waals surface area contributed by atoms with Crippen LogP contribution in [-0.2, 0) is 0 Å². The first-order valence-electron chi connectivity index (χ1n) is 6.55. The average Bonchev–Trinajstić information content (AvgIpc) is 2.73. The molecule has 1 unspecified atom stereocenters. The van der Waals surface area contributed by atoms with E-state index in [0.29, 0.717) is 17.6 Å². The van der Waals surface area contributed by atoms with Gasteiger partial charge in [-0.3, -0.25) is 5.41 Å². The number of rotatable bonds is 4. The van der Waals surface area contributed by atoms with Gasteiger partial charge in [-0.25, -0.2) is 9.97 Å². The number of aromatic nitrogens is 2. The minimum Gasteiger partial charge on any atom is -0.382 e. The predicted octanol–water partition coefficient (Wildman–Crippen LogP) is 0.457. The van der Waals surface area contributed by atoms with Crippen LogP contribution < -0.4 is 10.6 Å². The summed E-state index contributed by atoms with van der Waals surface area (Å²) in [6, 6.07) is 1.74. The maximum absolute atomic E-state index is 7.48. The van der Waals surface area contributed by atoms with E-state index in [1.165, 1.54) is 6.42 Å². The van der Waals surface area contributed by atoms with Gasteiger partial charge in [0.05, 0.1) is 0 Å². The van der Waals surface area contributed by atoms with Crippen LogP contribution in [0, 0.1) is 18.3 Å². The van der Waals surface area contributed by atoms with Gasteiger partial charge in [-0.2, -0.15) is 0 Å². The molecule has 1 atom stereocenters. The van der Waals surface area contributed by atoms with E-state index in [4.69, 9.17) is 11.1 Å². The van der Waals surface area contributed by atoms with Crippen molar-refractivity contribution in [1.82, 2.24) is 14.9 Å². The van der Waals surface area contributed by atoms with Gasteiger partial charge < -0.3 is 15.5 Å². The zero-order valence-electron chi connectivity index (χ0n) is 11.8. The number of hydrogen-bond acceptors (Lipinski definition) is 5. The van der Waals surface area contributed by atoms with E-state index in [9.17, 15) is 0 Å². The number of nitrogens with zero attached hydrogens (tertiary/aromatic N) is 4. The molecule has 0 bridgehead atoms. The fourth-order valence-corrected chi connectivity index (χ4v) is 2.51. The Morgan fingerprint density at radius 1 is 1.58 bits per heavy atom. The number of aryl methyl sites for hydroxylation is 1. The standard InChI is InChI=1S/C13H22N6/c1-9-6-11(12(14)15)17-13(16-9)19(3)8-10-4-5-18(2)7-10/h6,10H,4-5,7-8H2,1-3H3,(H3,14,15). The van der Waals surface area contributed by atoms with Gasteiger partial charge in [0.15, 0.2) is 0 Å². The topological polar surface area (TPSA) is 82.1 Å². The number of likely N-dealkylation sites (tertiary alicyclic amines) is 1. The van der Waals surface area contributed by atoms with E-state index in [2.05, 4.69) is 26.8 Å². The molecule has 0 radical (unpaired) electrons. The molecule has 1 aromatic rings. The second-order valence-electron chi connectivity index (χ2n) is 5.41. The Labute approximate surface area is 114 Å². The SMILES string of the molecule is Cc1cc(C(=N)N)nc(N(C)CC2CCN(C)C2)n1. The molecular weight excluding hydrogens is 240 g/mol. The first kappa shape index (κ1) is 13.7. The maximum Gasteiger partial charge on any atom is 0.225 e. The van der Waals surface area contributed by atoms with Gasteiger partial charge in [0.25, 0.3) is 0 Å². The van der Waals surface area contributed by atoms with E-state index < -0.39 is 0 Å². The number of nitrogens with one attached hydrogen (secondary N) is 1. The Hall–Kier alpha value is -1.69. The van der Waals surface area contributed by atoms with E-state index >= 15 is 0 Å². The van der Waals surface area contributed by atoms with Crippen LogP contribution >= 0.6 is 0 Å². The summed E-state index contributed by atoms with van der Waals surface area (Å²) in [5, 5.41) is 7.48. The average molecular weight is 262 g/mol. The number of nitrogen functional groups attached to an aromatic ring is 1. The van der Waals surface area contributed by atoms with Crippen LogP contribution in [0.4, 0.5) is 5.95 Å². The Balaban J connectivity index is 2.10. The number of nitrogens with two attached hydrogens (primary N) is 1. The van der Waals surface area contributed by atoms with Crippen molar-refractivity contribution < 1.29 is 0 Å². The van der Waals surface area contributed by atoms with Crippen molar-refractivity contribution in [2.24, 2.45) is 11.7 Å². The smallest absolute Gasteiger partial charge is 0.225 e. The van der Waals surface area contributed by atoms with E-state index in [1.54, 1.807) is 6.07 Å². The van der Waals surface area contributed by atoms with Crippen molar-refractivity contribution >= 4 is 11.8 Å². The fraction of sp³-hybridized carbons (Fsp3) is 0.615. The van der Waals surface area contributed by atoms with Crippen molar-refractivity contribution in [3.8, 4) is 0 Å². The third kappa shape index (κ3) is 3.41. The summed E-state index contributed by atoms with van der Waals surface area (Å²) in [6.45, 7) is 5.11. The van der Waals surface area contributed by atoms with Crippen LogP contribution in [-0.4, -0.2) is 54.4 Å². The Kier molecular flexibility index (Phi) is 3.99. The number of hydrogen-bond donors (Lipinski definition) is 2. The Morgan fingerprint density at radius 3 is 2.89 bits per heavy atom. The highest BCUT2D eigenvalue weighted by atomic mass is 15.2. The van der Waals surface area contributed by atoms with Crippen LogP contribution in [0.15, 0.2) is 6.07 Å². The predicted molar refractivity (Wildman–Crippen MR) is 76.7 cm³/mol. The highest BCUT2D eigenvalue weighted by Crippen LogP contribution is 2.17. The van der Waals surface area contributed by atoms with Gasteiger partial charge in [0, 0.05) is 25.8 Å². The summed E-state index contributed by atoms with van der Waals surface area (Å²) in [6.07, 6.45) is 1.21. The van der Waals surface area contributed by atoms with Gasteiger partial charge >= 0.3 is 0 Å². The molecule has 6 heteroatoms. The molecule has 1 saturated heterocycles. The number of amidine groups is 1. The van der Waals surface area contributed by atoms with Gasteiger partial charge in [-0.1, -0.05) is 0 Å². The molecule has 0 saturated carbocycles. The Bertz CT molecular complexity index is 472. The molecule has 1 aromatic heterocycles. The van der Waals surface area contributed by atoms with Crippen LogP contribution in [0.25, 0.3) is 0 Å². The monoisotopic (exact) mass is 262 g/mol. The second kappa shape index (κ2) is 5.52. The summed E-state index contributed by atoms with van der Waals surface area (Å²) in [7, 11) is 4.15. The lowest BCUT2D eigenvalue weighted by molar-refractivity contribution is 0.395. The van der Waals surface area contributed by atoms with Crippen LogP contribution in [0.2, 0.25) is 0 Å². The molecule has 6 nitrogen and oxygen atoms in total. The van der Waals surface area contributed by atoms with Crippen LogP contribution in [0.5, 0.6) is 0 Å². The molecule has 3 N–H and O–H groups in total. The van der Waals surface area contributed by atoms with Gasteiger partial charge in [-0.15, -0.1) is 0 Å². The molecule has 0 aromatic carbocycles. The molecule has 1 aliphatic heterocycles. The van der Waals surface area contributed by atoms with E-state index in [0.717, 1.165) is 25.3 Å². The normalized spacial score (nSPS) is 19.6. The summed E-state index contributed by atoms with van der Waals surface area (Å²) < 4.78 is 0. The summed E-state index contributed by atoms with van der Waals surface area (Å²) in [5.74, 6) is 1.29. The molecule has 19 heavy (non-hydrogen) atoms. The lowest BCUT2D eigenvalue weighted by Gasteiger charge is -2.21. The molecule has 2 heterocycles. The van der Waals surface area contributed by atoms with Crippen molar-refractivity contribution in [3.63, 3.8) is 0 Å². The second-order valence-corrected chi connectivity index (χ2v) is 5.41. The summed E-state index contributed by atoms with van der Waals surface area (Å²) in [5.41, 5.74) is 6.84. The van der Waals surface area contributed by atoms with Crippen LogP contribution in [0.3, 0.4) is 0 Å². The van der Waals surface area contributed by atoms with E-state index in [-0.39, 0.29) is 5.84 Å². The number of anilines is 1. The van der Waals surface area contributed by atoms with Gasteiger partial charge in [0.1, 0.15) is 11.5 Å². The third-order valence-corrected chi connectivity index (χ3v) is 3.48. The minimum absolute atomic E-state index is 0.0132. The fourth-order valence-electron chi connectivity index (χ4n) is 2.51. The molecule has 0 aliphatic carbocycles. The first-order chi connectivity index (χ1) is 8.95. The summed E-state index contributed by atoms with van der Waals surface area (Å²) in [4.78, 5) is 13.2. The first-order valence-corrected chi connectivity index (χ1v) is 6.55. The third-order valence-electron chi connectivity index (χ3n) is 3.48. The van der Waals surface area contributed by atoms with Gasteiger partial charge in [0.2, 0.25) is 5.95 Å². The molecule has 1 aliphatic rings. The molecule has 2 rings (SSSR count). The maximum atomic E-state index is 7.48. The molecule has 104 valence electrons. The van der Waals surface area contributed by atoms with Crippen molar-refractivity contribution in [3.05, 3.63) is 17.5 Å². The highest BCUT2D eigenvalue weighted by molar-refractivity contribution is 5.93. The van der Waals surface area contributed by atoms with Crippen LogP contribution in [0.1, 0.15) is 17.8 Å². The highest BCUT2D eigenvalue weighted by Gasteiger charge is 2.21. The Morgan fingerprint density at radius 2 is 2.32 bits per heavy atom. The molecule has 0 spiro atoms. The molecule has 1 fully saturated rings. The van der Waals surface area contributed by atoms with Crippen molar-refractivity contribution in [2.45, 2.75) is 13.3 Å². The molecular formula is C13H22N6. The van der Waals surface area contributed by atoms with Crippen molar-refractivity contribution in [1.29, 1.82) is 5.41 Å². The lowest BCUT2D eigenvalue weighted by atomic mass is 10.1.